The van der Waals surface area contributed by atoms with Crippen molar-refractivity contribution in [2.24, 2.45) is 0 Å². The minimum absolute atomic E-state index is 0.0130. The van der Waals surface area contributed by atoms with Gasteiger partial charge in [-0.05, 0) is 30.3 Å². The molecule has 0 spiro atoms. The Bertz CT molecular complexity index is 746. The van der Waals surface area contributed by atoms with Gasteiger partial charge >= 0.3 is 6.18 Å². The fourth-order valence-electron chi connectivity index (χ4n) is 1.58. The van der Waals surface area contributed by atoms with Gasteiger partial charge in [0, 0.05) is 0 Å². The lowest BCUT2D eigenvalue weighted by Gasteiger charge is -2.12. The van der Waals surface area contributed by atoms with E-state index >= 15 is 0 Å². The summed E-state index contributed by atoms with van der Waals surface area (Å²) in [5.41, 5.74) is -1.07. The second kappa shape index (κ2) is 5.57. The van der Waals surface area contributed by atoms with Crippen LogP contribution < -0.4 is 4.72 Å². The molecule has 2 rings (SSSR count). The molecule has 0 fully saturated rings. The maximum absolute atomic E-state index is 12.5. The Kier molecular flexibility index (Phi) is 4.15. The number of rotatable bonds is 3. The second-order valence-electron chi connectivity index (χ2n) is 4.11. The van der Waals surface area contributed by atoms with Crippen LogP contribution in [0.2, 0.25) is 5.02 Å². The lowest BCUT2D eigenvalue weighted by atomic mass is 10.2. The Hall–Kier alpha value is -1.73. The highest BCUT2D eigenvalue weighted by Crippen LogP contribution is 2.34. The number of hydrogen-bond acceptors (Lipinski definition) is 2. The van der Waals surface area contributed by atoms with Gasteiger partial charge in [-0.3, -0.25) is 4.72 Å². The molecule has 0 bridgehead atoms. The van der Waals surface area contributed by atoms with Crippen LogP contribution in [0, 0.1) is 0 Å². The largest absolute Gasteiger partial charge is 0.416 e. The highest BCUT2D eigenvalue weighted by atomic mass is 35.5. The van der Waals surface area contributed by atoms with Crippen molar-refractivity contribution in [2.75, 3.05) is 4.72 Å². The van der Waals surface area contributed by atoms with Crippen LogP contribution in [-0.4, -0.2) is 8.42 Å². The standard InChI is InChI=1S/C13H9ClF3NO2S/c14-11-8-9(13(15,16)17)6-7-12(11)18-21(19,20)10-4-2-1-3-5-10/h1-8,18H. The van der Waals surface area contributed by atoms with Gasteiger partial charge in [-0.15, -0.1) is 0 Å². The average Bonchev–Trinajstić information content (AvgIpc) is 2.41. The molecule has 2 aromatic carbocycles. The summed E-state index contributed by atoms with van der Waals surface area (Å²) in [4.78, 5) is -0.0130. The first-order valence-corrected chi connectivity index (χ1v) is 7.51. The Morgan fingerprint density at radius 2 is 1.62 bits per heavy atom. The molecular weight excluding hydrogens is 327 g/mol. The molecule has 0 saturated heterocycles. The van der Waals surface area contributed by atoms with Gasteiger partial charge in [0.2, 0.25) is 0 Å². The monoisotopic (exact) mass is 335 g/mol. The van der Waals surface area contributed by atoms with E-state index in [9.17, 15) is 21.6 Å². The summed E-state index contributed by atoms with van der Waals surface area (Å²) in [5.74, 6) is 0. The lowest BCUT2D eigenvalue weighted by molar-refractivity contribution is -0.137. The van der Waals surface area contributed by atoms with Crippen molar-refractivity contribution >= 4 is 27.3 Å². The van der Waals surface area contributed by atoms with Gasteiger partial charge in [-0.25, -0.2) is 8.42 Å². The molecule has 0 aliphatic heterocycles. The van der Waals surface area contributed by atoms with E-state index in [0.717, 1.165) is 12.1 Å². The van der Waals surface area contributed by atoms with E-state index in [4.69, 9.17) is 11.6 Å². The number of halogens is 4. The molecule has 112 valence electrons. The van der Waals surface area contributed by atoms with E-state index < -0.39 is 21.8 Å². The van der Waals surface area contributed by atoms with Gasteiger partial charge in [0.15, 0.2) is 0 Å². The molecule has 0 amide bonds. The molecule has 0 aromatic heterocycles. The van der Waals surface area contributed by atoms with Crippen LogP contribution in [0.15, 0.2) is 53.4 Å². The zero-order chi connectivity index (χ0) is 15.7. The van der Waals surface area contributed by atoms with Gasteiger partial charge in [0.05, 0.1) is 21.2 Å². The molecule has 21 heavy (non-hydrogen) atoms. The molecule has 0 saturated carbocycles. The number of alkyl halides is 3. The quantitative estimate of drug-likeness (QED) is 0.915. The highest BCUT2D eigenvalue weighted by Gasteiger charge is 2.31. The summed E-state index contributed by atoms with van der Waals surface area (Å²) in [6.07, 6.45) is -4.54. The fourth-order valence-corrected chi connectivity index (χ4v) is 2.96. The third-order valence-electron chi connectivity index (χ3n) is 2.59. The molecule has 0 aliphatic carbocycles. The van der Waals surface area contributed by atoms with Crippen LogP contribution in [0.1, 0.15) is 5.56 Å². The number of benzene rings is 2. The van der Waals surface area contributed by atoms with Gasteiger partial charge in [0.25, 0.3) is 10.0 Å². The smallest absolute Gasteiger partial charge is 0.278 e. The number of anilines is 1. The van der Waals surface area contributed by atoms with Crippen LogP contribution in [-0.2, 0) is 16.2 Å². The summed E-state index contributed by atoms with van der Waals surface area (Å²) < 4.78 is 63.8. The first-order chi connectivity index (χ1) is 9.70. The number of hydrogen-bond donors (Lipinski definition) is 1. The zero-order valence-electron chi connectivity index (χ0n) is 10.4. The molecule has 8 heteroatoms. The van der Waals surface area contributed by atoms with E-state index in [-0.39, 0.29) is 15.6 Å². The molecule has 0 unspecified atom stereocenters. The maximum Gasteiger partial charge on any atom is 0.416 e. The SMILES string of the molecule is O=S(=O)(Nc1ccc(C(F)(F)F)cc1Cl)c1ccccc1. The molecule has 1 N–H and O–H groups in total. The van der Waals surface area contributed by atoms with E-state index in [1.807, 2.05) is 0 Å². The summed E-state index contributed by atoms with van der Waals surface area (Å²) in [7, 11) is -3.90. The summed E-state index contributed by atoms with van der Waals surface area (Å²) in [5, 5.41) is -0.329. The van der Waals surface area contributed by atoms with E-state index in [2.05, 4.69) is 4.72 Å². The second-order valence-corrected chi connectivity index (χ2v) is 6.20. The normalized spacial score (nSPS) is 12.2. The summed E-state index contributed by atoms with van der Waals surface area (Å²) in [6, 6.07) is 9.83. The molecule has 0 heterocycles. The van der Waals surface area contributed by atoms with Crippen molar-refractivity contribution < 1.29 is 21.6 Å². The van der Waals surface area contributed by atoms with Crippen LogP contribution in [0.5, 0.6) is 0 Å². The van der Waals surface area contributed by atoms with Gasteiger partial charge in [0.1, 0.15) is 0 Å². The Morgan fingerprint density at radius 1 is 1.00 bits per heavy atom. The first-order valence-electron chi connectivity index (χ1n) is 5.65. The topological polar surface area (TPSA) is 46.2 Å². The van der Waals surface area contributed by atoms with Crippen molar-refractivity contribution in [1.29, 1.82) is 0 Å². The van der Waals surface area contributed by atoms with Gasteiger partial charge < -0.3 is 0 Å². The van der Waals surface area contributed by atoms with Crippen molar-refractivity contribution in [3.63, 3.8) is 0 Å². The predicted octanol–water partition coefficient (Wildman–Crippen LogP) is 4.16. The highest BCUT2D eigenvalue weighted by molar-refractivity contribution is 7.92. The summed E-state index contributed by atoms with van der Waals surface area (Å²) in [6.45, 7) is 0. The third kappa shape index (κ3) is 3.68. The average molecular weight is 336 g/mol. The predicted molar refractivity (Wildman–Crippen MR) is 73.7 cm³/mol. The van der Waals surface area contributed by atoms with E-state index in [1.165, 1.54) is 24.3 Å². The van der Waals surface area contributed by atoms with Gasteiger partial charge in [-0.2, -0.15) is 13.2 Å². The third-order valence-corrected chi connectivity index (χ3v) is 4.29. The lowest BCUT2D eigenvalue weighted by Crippen LogP contribution is -2.13. The Balaban J connectivity index is 2.33. The molecule has 0 aliphatic rings. The van der Waals surface area contributed by atoms with Crippen LogP contribution in [0.3, 0.4) is 0 Å². The molecular formula is C13H9ClF3NO2S. The minimum Gasteiger partial charge on any atom is -0.278 e. The van der Waals surface area contributed by atoms with Crippen molar-refractivity contribution in [2.45, 2.75) is 11.1 Å². The zero-order valence-corrected chi connectivity index (χ0v) is 11.9. The van der Waals surface area contributed by atoms with E-state index in [1.54, 1.807) is 6.07 Å². The van der Waals surface area contributed by atoms with Crippen LogP contribution in [0.25, 0.3) is 0 Å². The van der Waals surface area contributed by atoms with Crippen LogP contribution >= 0.6 is 11.6 Å². The first kappa shape index (κ1) is 15.7. The Labute approximate surface area is 124 Å². The molecule has 0 atom stereocenters. The number of sulfonamides is 1. The molecule has 2 aromatic rings. The summed E-state index contributed by atoms with van der Waals surface area (Å²) >= 11 is 5.70. The van der Waals surface area contributed by atoms with Crippen molar-refractivity contribution in [1.82, 2.24) is 0 Å². The van der Waals surface area contributed by atoms with Gasteiger partial charge in [-0.1, -0.05) is 29.8 Å². The fraction of sp³-hybridized carbons (Fsp3) is 0.0769. The Morgan fingerprint density at radius 3 is 2.14 bits per heavy atom. The molecule has 0 radical (unpaired) electrons. The minimum atomic E-state index is -4.54. The van der Waals surface area contributed by atoms with Crippen LogP contribution in [0.4, 0.5) is 18.9 Å². The number of nitrogens with one attached hydrogen (secondary N) is 1. The van der Waals surface area contributed by atoms with Crippen molar-refractivity contribution in [3.05, 3.63) is 59.1 Å². The van der Waals surface area contributed by atoms with E-state index in [0.29, 0.717) is 6.07 Å². The molecule has 3 nitrogen and oxygen atoms in total. The maximum atomic E-state index is 12.5. The van der Waals surface area contributed by atoms with Crippen molar-refractivity contribution in [3.8, 4) is 0 Å².